The van der Waals surface area contributed by atoms with Gasteiger partial charge in [0.2, 0.25) is 5.91 Å². The molecule has 16 heavy (non-hydrogen) atoms. The molecule has 1 aliphatic rings. The number of rotatable bonds is 1. The Labute approximate surface area is 93.3 Å². The fourth-order valence-corrected chi connectivity index (χ4v) is 1.62. The molecule has 4 heteroatoms. The first kappa shape index (κ1) is 10.4. The Kier molecular flexibility index (Phi) is 2.72. The van der Waals surface area contributed by atoms with Gasteiger partial charge in [0.15, 0.2) is 5.78 Å². The van der Waals surface area contributed by atoms with E-state index in [9.17, 15) is 9.59 Å². The number of allylic oxidation sites excluding steroid dienone is 1. The van der Waals surface area contributed by atoms with Crippen molar-refractivity contribution in [1.29, 1.82) is 0 Å². The molecule has 1 aliphatic heterocycles. The second-order valence-corrected chi connectivity index (χ2v) is 3.68. The Balaban J connectivity index is 2.38. The minimum absolute atomic E-state index is 0.0744. The molecule has 0 bridgehead atoms. The summed E-state index contributed by atoms with van der Waals surface area (Å²) in [7, 11) is 0. The number of hydrogen-bond acceptors (Lipinski definition) is 3. The van der Waals surface area contributed by atoms with Crippen molar-refractivity contribution < 1.29 is 9.59 Å². The van der Waals surface area contributed by atoms with E-state index in [1.54, 1.807) is 0 Å². The largest absolute Gasteiger partial charge is 0.357 e. The molecular weight excluding hydrogens is 204 g/mol. The van der Waals surface area contributed by atoms with Gasteiger partial charge in [-0.25, -0.2) is 0 Å². The molecule has 0 fully saturated rings. The van der Waals surface area contributed by atoms with E-state index in [2.05, 4.69) is 10.6 Å². The first-order valence-electron chi connectivity index (χ1n) is 5.02. The summed E-state index contributed by atoms with van der Waals surface area (Å²) in [5.41, 5.74) is 2.16. The minimum Gasteiger partial charge on any atom is -0.357 e. The van der Waals surface area contributed by atoms with E-state index in [-0.39, 0.29) is 18.1 Å². The van der Waals surface area contributed by atoms with Gasteiger partial charge >= 0.3 is 0 Å². The van der Waals surface area contributed by atoms with Gasteiger partial charge in [0.05, 0.1) is 17.8 Å². The number of para-hydroxylation sites is 2. The van der Waals surface area contributed by atoms with Crippen molar-refractivity contribution >= 4 is 23.1 Å². The average Bonchev–Trinajstić information content (AvgIpc) is 2.33. The van der Waals surface area contributed by atoms with Crippen molar-refractivity contribution in [2.24, 2.45) is 0 Å². The van der Waals surface area contributed by atoms with Gasteiger partial charge in [0.1, 0.15) is 0 Å². The Morgan fingerprint density at radius 1 is 1.25 bits per heavy atom. The number of nitrogens with one attached hydrogen (secondary N) is 2. The van der Waals surface area contributed by atoms with E-state index >= 15 is 0 Å². The van der Waals surface area contributed by atoms with Crippen molar-refractivity contribution in [3.05, 3.63) is 36.0 Å². The fraction of sp³-hybridized carbons (Fsp3) is 0.167. The maximum absolute atomic E-state index is 11.5. The number of fused-ring (bicyclic) bond motifs is 1. The zero-order chi connectivity index (χ0) is 11.5. The number of benzene rings is 1. The Morgan fingerprint density at radius 2 is 1.88 bits per heavy atom. The molecule has 2 rings (SSSR count). The van der Waals surface area contributed by atoms with Gasteiger partial charge in [-0.3, -0.25) is 9.59 Å². The highest BCUT2D eigenvalue weighted by Gasteiger charge is 2.15. The molecule has 82 valence electrons. The monoisotopic (exact) mass is 216 g/mol. The summed E-state index contributed by atoms with van der Waals surface area (Å²) in [6.45, 7) is 1.46. The second kappa shape index (κ2) is 4.18. The zero-order valence-corrected chi connectivity index (χ0v) is 8.91. The molecule has 1 amide bonds. The van der Waals surface area contributed by atoms with Crippen LogP contribution in [0.1, 0.15) is 13.3 Å². The molecule has 1 aromatic rings. The predicted octanol–water partition coefficient (Wildman–Crippen LogP) is 1.91. The summed E-state index contributed by atoms with van der Waals surface area (Å²) in [4.78, 5) is 22.5. The Hall–Kier alpha value is -2.10. The van der Waals surface area contributed by atoms with Crippen LogP contribution in [0.15, 0.2) is 36.0 Å². The first-order valence-corrected chi connectivity index (χ1v) is 5.02. The normalized spacial score (nSPS) is 17.1. The molecule has 0 saturated carbocycles. The van der Waals surface area contributed by atoms with Crippen LogP contribution in [0.2, 0.25) is 0 Å². The summed E-state index contributed by atoms with van der Waals surface area (Å²) in [5, 5.41) is 5.85. The lowest BCUT2D eigenvalue weighted by atomic mass is 10.2. The highest BCUT2D eigenvalue weighted by atomic mass is 16.1. The minimum atomic E-state index is -0.120. The Morgan fingerprint density at radius 3 is 2.50 bits per heavy atom. The Bertz CT molecular complexity index is 478. The van der Waals surface area contributed by atoms with E-state index in [1.807, 2.05) is 24.3 Å². The highest BCUT2D eigenvalue weighted by Crippen LogP contribution is 2.26. The maximum Gasteiger partial charge on any atom is 0.230 e. The van der Waals surface area contributed by atoms with Crippen LogP contribution in [0.4, 0.5) is 11.4 Å². The lowest BCUT2D eigenvalue weighted by Crippen LogP contribution is -2.10. The smallest absolute Gasteiger partial charge is 0.230 e. The van der Waals surface area contributed by atoms with Crippen LogP contribution >= 0.6 is 0 Å². The van der Waals surface area contributed by atoms with Gasteiger partial charge in [0, 0.05) is 11.8 Å². The SMILES string of the molecule is CC(=O)/C=C1\CC(=O)Nc2ccccc2N1. The molecule has 1 heterocycles. The number of ketones is 1. The maximum atomic E-state index is 11.5. The molecule has 0 spiro atoms. The van der Waals surface area contributed by atoms with Crippen molar-refractivity contribution in [3.8, 4) is 0 Å². The van der Waals surface area contributed by atoms with Crippen molar-refractivity contribution in [1.82, 2.24) is 0 Å². The van der Waals surface area contributed by atoms with E-state index in [0.717, 1.165) is 11.4 Å². The number of carbonyl (C=O) groups is 2. The van der Waals surface area contributed by atoms with E-state index in [1.165, 1.54) is 13.0 Å². The van der Waals surface area contributed by atoms with Crippen molar-refractivity contribution in [2.75, 3.05) is 10.6 Å². The topological polar surface area (TPSA) is 58.2 Å². The number of hydrogen-bond donors (Lipinski definition) is 2. The van der Waals surface area contributed by atoms with Crippen LogP contribution in [-0.4, -0.2) is 11.7 Å². The lowest BCUT2D eigenvalue weighted by molar-refractivity contribution is -0.115. The van der Waals surface area contributed by atoms with Crippen LogP contribution < -0.4 is 10.6 Å². The fourth-order valence-electron chi connectivity index (χ4n) is 1.62. The quantitative estimate of drug-likeness (QED) is 0.705. The van der Waals surface area contributed by atoms with Crippen LogP contribution in [0, 0.1) is 0 Å². The van der Waals surface area contributed by atoms with E-state index < -0.39 is 0 Å². The van der Waals surface area contributed by atoms with Gasteiger partial charge in [-0.05, 0) is 19.1 Å². The van der Waals surface area contributed by atoms with E-state index in [0.29, 0.717) is 5.70 Å². The average molecular weight is 216 g/mol. The first-order chi connectivity index (χ1) is 7.65. The zero-order valence-electron chi connectivity index (χ0n) is 8.91. The number of anilines is 2. The molecule has 0 radical (unpaired) electrons. The highest BCUT2D eigenvalue weighted by molar-refractivity contribution is 5.99. The molecule has 4 nitrogen and oxygen atoms in total. The molecule has 0 unspecified atom stereocenters. The van der Waals surface area contributed by atoms with Crippen molar-refractivity contribution in [3.63, 3.8) is 0 Å². The molecule has 2 N–H and O–H groups in total. The van der Waals surface area contributed by atoms with E-state index in [4.69, 9.17) is 0 Å². The standard InChI is InChI=1S/C12H12N2O2/c1-8(15)6-9-7-12(16)14-11-5-3-2-4-10(11)13-9/h2-6,13H,7H2,1H3,(H,14,16)/b9-6+. The third-order valence-corrected chi connectivity index (χ3v) is 2.22. The molecular formula is C12H12N2O2. The second-order valence-electron chi connectivity index (χ2n) is 3.68. The molecule has 0 saturated heterocycles. The molecule has 1 aromatic carbocycles. The van der Waals surface area contributed by atoms with Crippen LogP contribution in [0.25, 0.3) is 0 Å². The van der Waals surface area contributed by atoms with Crippen molar-refractivity contribution in [2.45, 2.75) is 13.3 Å². The van der Waals surface area contributed by atoms with Gasteiger partial charge < -0.3 is 10.6 Å². The number of amides is 1. The molecule has 0 aliphatic carbocycles. The summed E-state index contributed by atoms with van der Waals surface area (Å²) in [5.74, 6) is -0.195. The summed E-state index contributed by atoms with van der Waals surface area (Å²) < 4.78 is 0. The van der Waals surface area contributed by atoms with Gasteiger partial charge in [-0.2, -0.15) is 0 Å². The van der Waals surface area contributed by atoms with Crippen LogP contribution in [0.3, 0.4) is 0 Å². The van der Waals surface area contributed by atoms with Crippen LogP contribution in [-0.2, 0) is 9.59 Å². The number of carbonyl (C=O) groups excluding carboxylic acids is 2. The summed E-state index contributed by atoms with van der Waals surface area (Å²) in [6.07, 6.45) is 1.63. The third-order valence-electron chi connectivity index (χ3n) is 2.22. The third kappa shape index (κ3) is 2.28. The summed E-state index contributed by atoms with van der Waals surface area (Å²) >= 11 is 0. The van der Waals surface area contributed by atoms with Gasteiger partial charge in [-0.1, -0.05) is 12.1 Å². The predicted molar refractivity (Wildman–Crippen MR) is 62.1 cm³/mol. The van der Waals surface area contributed by atoms with Gasteiger partial charge in [0.25, 0.3) is 0 Å². The van der Waals surface area contributed by atoms with Gasteiger partial charge in [-0.15, -0.1) is 0 Å². The summed E-state index contributed by atoms with van der Waals surface area (Å²) in [6, 6.07) is 7.39. The molecule has 0 aromatic heterocycles. The van der Waals surface area contributed by atoms with Crippen LogP contribution in [0.5, 0.6) is 0 Å². The lowest BCUT2D eigenvalue weighted by Gasteiger charge is -2.07. The molecule has 0 atom stereocenters.